The van der Waals surface area contributed by atoms with Gasteiger partial charge >= 0.3 is 0 Å². The lowest BCUT2D eigenvalue weighted by molar-refractivity contribution is -0.125. The van der Waals surface area contributed by atoms with Crippen molar-refractivity contribution < 1.29 is 14.3 Å². The summed E-state index contributed by atoms with van der Waals surface area (Å²) in [7, 11) is 0. The molecule has 0 N–H and O–H groups in total. The van der Waals surface area contributed by atoms with Gasteiger partial charge in [-0.3, -0.25) is 9.59 Å². The van der Waals surface area contributed by atoms with E-state index in [1.54, 1.807) is 4.90 Å². The number of carbonyl (C=O) groups excluding carboxylic acids is 2. The summed E-state index contributed by atoms with van der Waals surface area (Å²) in [6.45, 7) is 7.17. The van der Waals surface area contributed by atoms with Crippen LogP contribution in [-0.2, 0) is 11.3 Å². The molecule has 2 heterocycles. The highest BCUT2D eigenvalue weighted by Gasteiger charge is 2.47. The molecule has 0 radical (unpaired) electrons. The first-order valence-corrected chi connectivity index (χ1v) is 20.5. The van der Waals surface area contributed by atoms with Crippen molar-refractivity contribution >= 4 is 44.5 Å². The fourth-order valence-corrected chi connectivity index (χ4v) is 10.2. The van der Waals surface area contributed by atoms with Gasteiger partial charge in [0.15, 0.2) is 5.78 Å². The average Bonchev–Trinajstić information content (AvgIpc) is 3.20. The van der Waals surface area contributed by atoms with Gasteiger partial charge in [-0.1, -0.05) is 130 Å². The summed E-state index contributed by atoms with van der Waals surface area (Å²) in [6.07, 6.45) is 9.57. The maximum atomic E-state index is 15.1. The first-order chi connectivity index (χ1) is 26.7. The largest absolute Gasteiger partial charge is 0.487 e. The van der Waals surface area contributed by atoms with Crippen LogP contribution in [0.4, 0.5) is 0 Å². The smallest absolute Gasteiger partial charge is 0.255 e. The zero-order valence-electron chi connectivity index (χ0n) is 32.3. The Labute approximate surface area is 324 Å². The van der Waals surface area contributed by atoms with Crippen molar-refractivity contribution in [3.63, 3.8) is 0 Å². The molecule has 280 valence electrons. The summed E-state index contributed by atoms with van der Waals surface area (Å²) in [5.41, 5.74) is 6.35. The molecule has 1 amide bonds. The number of nitrogens with zero attached hydrogens (tertiary/aromatic N) is 3. The lowest BCUT2D eigenvalue weighted by Gasteiger charge is -2.49. The second-order valence-corrected chi connectivity index (χ2v) is 17.2. The van der Waals surface area contributed by atoms with Crippen LogP contribution in [0.5, 0.6) is 5.75 Å². The molecule has 5 aromatic carbocycles. The maximum absolute atomic E-state index is 15.1. The van der Waals surface area contributed by atoms with E-state index >= 15 is 4.79 Å². The van der Waals surface area contributed by atoms with Crippen LogP contribution in [0, 0.1) is 17.8 Å². The fourth-order valence-electron chi connectivity index (χ4n) is 10.2. The van der Waals surface area contributed by atoms with E-state index in [4.69, 9.17) is 14.7 Å². The van der Waals surface area contributed by atoms with Crippen LogP contribution in [0.15, 0.2) is 103 Å². The van der Waals surface area contributed by atoms with Gasteiger partial charge in [0, 0.05) is 40.8 Å². The molecule has 2 aliphatic carbocycles. The Morgan fingerprint density at radius 2 is 1.47 bits per heavy atom. The first-order valence-electron chi connectivity index (χ1n) is 20.5. The van der Waals surface area contributed by atoms with Crippen molar-refractivity contribution in [2.75, 3.05) is 0 Å². The number of ketones is 1. The predicted octanol–water partition coefficient (Wildman–Crippen LogP) is 11.6. The molecule has 55 heavy (non-hydrogen) atoms. The second kappa shape index (κ2) is 14.5. The summed E-state index contributed by atoms with van der Waals surface area (Å²) in [6, 6.07) is 33.3. The Morgan fingerprint density at radius 1 is 0.782 bits per heavy atom. The number of benzene rings is 5. The van der Waals surface area contributed by atoms with Crippen molar-refractivity contribution in [2.45, 2.75) is 103 Å². The quantitative estimate of drug-likeness (QED) is 0.115. The number of hydrogen-bond acceptors (Lipinski definition) is 5. The normalized spacial score (nSPS) is 21.4. The van der Waals surface area contributed by atoms with Gasteiger partial charge in [-0.2, -0.15) is 0 Å². The van der Waals surface area contributed by atoms with E-state index in [1.165, 1.54) is 18.4 Å². The zero-order valence-corrected chi connectivity index (χ0v) is 32.3. The van der Waals surface area contributed by atoms with E-state index in [0.29, 0.717) is 47.7 Å². The van der Waals surface area contributed by atoms with Gasteiger partial charge in [-0.25, -0.2) is 9.97 Å². The molecule has 6 nitrogen and oxygen atoms in total. The van der Waals surface area contributed by atoms with Crippen LogP contribution >= 0.6 is 0 Å². The third-order valence-corrected chi connectivity index (χ3v) is 13.0. The molecule has 9 rings (SSSR count). The molecule has 3 aliphatic rings. The minimum atomic E-state index is -0.710. The number of amides is 1. The van der Waals surface area contributed by atoms with Crippen molar-refractivity contribution in [2.24, 2.45) is 17.8 Å². The van der Waals surface area contributed by atoms with E-state index in [2.05, 4.69) is 45.0 Å². The Morgan fingerprint density at radius 3 is 2.24 bits per heavy atom. The van der Waals surface area contributed by atoms with Crippen molar-refractivity contribution in [1.82, 2.24) is 14.9 Å². The van der Waals surface area contributed by atoms with Gasteiger partial charge in [-0.15, -0.1) is 0 Å². The number of aromatic nitrogens is 2. The summed E-state index contributed by atoms with van der Waals surface area (Å²) >= 11 is 0. The van der Waals surface area contributed by atoms with Crippen molar-refractivity contribution in [3.05, 3.63) is 125 Å². The Hall–Kier alpha value is -5.10. The number of fused-ring (bicyclic) bond motifs is 9. The summed E-state index contributed by atoms with van der Waals surface area (Å²) in [5.74, 6) is 2.48. The number of ether oxygens (including phenoxy) is 1. The number of rotatable bonds is 8. The molecule has 1 unspecified atom stereocenters. The molecule has 2 fully saturated rings. The molecule has 2 saturated carbocycles. The highest BCUT2D eigenvalue weighted by molar-refractivity contribution is 6.11. The highest BCUT2D eigenvalue weighted by Crippen LogP contribution is 2.56. The van der Waals surface area contributed by atoms with Crippen LogP contribution in [0.2, 0.25) is 0 Å². The van der Waals surface area contributed by atoms with Gasteiger partial charge in [0.05, 0.1) is 22.1 Å². The Bertz CT molecular complexity index is 2380. The van der Waals surface area contributed by atoms with Crippen LogP contribution in [-0.4, -0.2) is 32.2 Å². The maximum Gasteiger partial charge on any atom is 0.255 e. The third-order valence-electron chi connectivity index (χ3n) is 13.0. The Kier molecular flexibility index (Phi) is 9.40. The van der Waals surface area contributed by atoms with Crippen LogP contribution in [0.25, 0.3) is 32.8 Å². The number of Topliss-reactive ketones (excluding diaryl/α,β-unsaturated/α-hetero) is 1. The van der Waals surface area contributed by atoms with E-state index < -0.39 is 6.04 Å². The highest BCUT2D eigenvalue weighted by atomic mass is 16.5. The standard InChI is InChI=1S/C49H51N3O3/c1-31-23-25-39-38(27-31)43-45-44(36-21-13-14-22-37(36)47(43)55-49(39,2)3)50-40-26-24-35(29-41(40)51-45)48(54)52(30-33-17-9-5-10-18-33)46(34-19-11-6-12-20-34)42(53)28-32-15-7-4-8-16-32/h5-6,9-14,17-22,24,26,29,31-32,38-39,46H,4,7-8,15-16,23,25,27-28,30H2,1-3H3/t31-,38-,39-,46?/m0/s1. The van der Waals surface area contributed by atoms with Gasteiger partial charge in [0.25, 0.3) is 5.91 Å². The second-order valence-electron chi connectivity index (χ2n) is 17.2. The summed E-state index contributed by atoms with van der Waals surface area (Å²) < 4.78 is 6.99. The van der Waals surface area contributed by atoms with E-state index in [1.807, 2.05) is 78.9 Å². The molecular weight excluding hydrogens is 679 g/mol. The molecule has 0 bridgehead atoms. The van der Waals surface area contributed by atoms with Gasteiger partial charge < -0.3 is 9.64 Å². The molecule has 0 saturated heterocycles. The van der Waals surface area contributed by atoms with Gasteiger partial charge in [0.1, 0.15) is 17.4 Å². The number of hydrogen-bond donors (Lipinski definition) is 0. The average molecular weight is 730 g/mol. The van der Waals surface area contributed by atoms with Gasteiger partial charge in [-0.05, 0) is 73.8 Å². The number of carbonyl (C=O) groups is 2. The minimum absolute atomic E-state index is 0.103. The molecule has 0 spiro atoms. The molecular formula is C49H51N3O3. The SMILES string of the molecule is C[C@H]1CC[C@H]2[C@H](C1)c1c(c3ccccc3c3nc4ccc(C(=O)N(Cc5ccccc5)C(C(=O)CC5CCCCC5)c5ccccc5)cc4nc13)OC2(C)C. The lowest BCUT2D eigenvalue weighted by atomic mass is 9.64. The lowest BCUT2D eigenvalue weighted by Crippen LogP contribution is -2.46. The summed E-state index contributed by atoms with van der Waals surface area (Å²) in [4.78, 5) is 42.1. The van der Waals surface area contributed by atoms with E-state index in [-0.39, 0.29) is 17.3 Å². The molecule has 4 atom stereocenters. The fraction of sp³-hybridized carbons (Fsp3) is 0.388. The first kappa shape index (κ1) is 35.6. The molecule has 6 aromatic rings. The monoisotopic (exact) mass is 729 g/mol. The summed E-state index contributed by atoms with van der Waals surface area (Å²) in [5, 5.41) is 2.11. The molecule has 1 aromatic heterocycles. The van der Waals surface area contributed by atoms with E-state index in [9.17, 15) is 4.79 Å². The predicted molar refractivity (Wildman–Crippen MR) is 220 cm³/mol. The zero-order chi connectivity index (χ0) is 37.7. The van der Waals surface area contributed by atoms with Crippen molar-refractivity contribution in [3.8, 4) is 5.75 Å². The Balaban J connectivity index is 1.18. The molecule has 1 aliphatic heterocycles. The minimum Gasteiger partial charge on any atom is -0.487 e. The van der Waals surface area contributed by atoms with E-state index in [0.717, 1.165) is 82.7 Å². The van der Waals surface area contributed by atoms with Crippen LogP contribution in [0.1, 0.15) is 118 Å². The van der Waals surface area contributed by atoms with Crippen molar-refractivity contribution in [1.29, 1.82) is 0 Å². The van der Waals surface area contributed by atoms with Gasteiger partial charge in [0.2, 0.25) is 0 Å². The van der Waals surface area contributed by atoms with Crippen LogP contribution in [0.3, 0.4) is 0 Å². The van der Waals surface area contributed by atoms with Crippen LogP contribution < -0.4 is 4.74 Å². The topological polar surface area (TPSA) is 72.4 Å². The third kappa shape index (κ3) is 6.68. The molecule has 6 heteroatoms.